The Morgan fingerprint density at radius 1 is 1.25 bits per heavy atom. The fourth-order valence-corrected chi connectivity index (χ4v) is 2.41. The van der Waals surface area contributed by atoms with Crippen LogP contribution in [0.5, 0.6) is 0 Å². The van der Waals surface area contributed by atoms with Crippen molar-refractivity contribution >= 4 is 10.2 Å². The van der Waals surface area contributed by atoms with E-state index in [1.54, 1.807) is 6.92 Å². The first-order chi connectivity index (χ1) is 7.38. The van der Waals surface area contributed by atoms with E-state index < -0.39 is 16.3 Å². The van der Waals surface area contributed by atoms with Crippen LogP contribution in [-0.2, 0) is 10.2 Å². The minimum Gasteiger partial charge on any atom is -0.391 e. The van der Waals surface area contributed by atoms with Gasteiger partial charge >= 0.3 is 0 Å². The van der Waals surface area contributed by atoms with Crippen LogP contribution in [0.2, 0.25) is 0 Å². The van der Waals surface area contributed by atoms with Crippen molar-refractivity contribution in [3.05, 3.63) is 0 Å². The molecule has 16 heavy (non-hydrogen) atoms. The second-order valence-electron chi connectivity index (χ2n) is 3.91. The molecule has 2 N–H and O–H groups in total. The average Bonchev–Trinajstić information content (AvgIpc) is 2.27. The smallest absolute Gasteiger partial charge is 0.279 e. The van der Waals surface area contributed by atoms with Gasteiger partial charge in [-0.2, -0.15) is 17.4 Å². The molecule has 0 aromatic heterocycles. The van der Waals surface area contributed by atoms with E-state index in [-0.39, 0.29) is 12.5 Å². The highest BCUT2D eigenvalue weighted by atomic mass is 32.2. The number of hydrogen-bond donors (Lipinski definition) is 2. The zero-order chi connectivity index (χ0) is 12.8. The van der Waals surface area contributed by atoms with Crippen LogP contribution in [0.3, 0.4) is 0 Å². The summed E-state index contributed by atoms with van der Waals surface area (Å²) < 4.78 is 26.8. The van der Waals surface area contributed by atoms with Gasteiger partial charge in [-0.15, -0.1) is 0 Å². The largest absolute Gasteiger partial charge is 0.391 e. The highest BCUT2D eigenvalue weighted by Gasteiger charge is 2.20. The van der Waals surface area contributed by atoms with Gasteiger partial charge in [0, 0.05) is 20.1 Å². The molecule has 0 saturated carbocycles. The Morgan fingerprint density at radius 2 is 1.75 bits per heavy atom. The summed E-state index contributed by atoms with van der Waals surface area (Å²) in [6, 6.07) is 0. The molecular weight excluding hydrogens is 228 g/mol. The maximum Gasteiger partial charge on any atom is 0.279 e. The highest BCUT2D eigenvalue weighted by molar-refractivity contribution is 7.87. The molecule has 0 aromatic rings. The fourth-order valence-electron chi connectivity index (χ4n) is 1.47. The summed E-state index contributed by atoms with van der Waals surface area (Å²) in [5, 5.41) is 9.78. The first-order valence-corrected chi connectivity index (χ1v) is 7.21. The minimum atomic E-state index is -3.43. The first kappa shape index (κ1) is 15.8. The molecule has 6 heteroatoms. The summed E-state index contributed by atoms with van der Waals surface area (Å²) in [6.07, 6.45) is 1.08. The number of hydrogen-bond acceptors (Lipinski definition) is 3. The summed E-state index contributed by atoms with van der Waals surface area (Å²) in [4.78, 5) is 0. The van der Waals surface area contributed by atoms with Gasteiger partial charge in [0.1, 0.15) is 0 Å². The van der Waals surface area contributed by atoms with E-state index in [1.807, 2.05) is 13.8 Å². The molecule has 0 aliphatic heterocycles. The molecule has 0 amide bonds. The maximum atomic E-state index is 11.6. The number of nitrogens with zero attached hydrogens (tertiary/aromatic N) is 1. The predicted molar refractivity (Wildman–Crippen MR) is 65.3 cm³/mol. The minimum absolute atomic E-state index is 0.0824. The van der Waals surface area contributed by atoms with E-state index in [1.165, 1.54) is 11.4 Å². The number of rotatable bonds is 8. The molecule has 0 aromatic carbocycles. The van der Waals surface area contributed by atoms with Gasteiger partial charge in [0.25, 0.3) is 10.2 Å². The van der Waals surface area contributed by atoms with Crippen molar-refractivity contribution in [2.45, 2.75) is 39.7 Å². The van der Waals surface area contributed by atoms with E-state index in [9.17, 15) is 13.5 Å². The Labute approximate surface area is 99.0 Å². The van der Waals surface area contributed by atoms with Crippen molar-refractivity contribution in [3.63, 3.8) is 0 Å². The Balaban J connectivity index is 4.24. The SMILES string of the molecule is CCC(CC)C(O)CNS(=O)(=O)N(C)CC. The predicted octanol–water partition coefficient (Wildman–Crippen LogP) is 0.570. The van der Waals surface area contributed by atoms with Crippen molar-refractivity contribution < 1.29 is 13.5 Å². The molecule has 0 fully saturated rings. The third kappa shape index (κ3) is 4.78. The standard InChI is InChI=1S/C10H24N2O3S/c1-5-9(6-2)10(13)8-11-16(14,15)12(4)7-3/h9-11,13H,5-8H2,1-4H3. The third-order valence-corrected chi connectivity index (χ3v) is 4.53. The average molecular weight is 252 g/mol. The van der Waals surface area contributed by atoms with Crippen molar-refractivity contribution in [2.24, 2.45) is 5.92 Å². The van der Waals surface area contributed by atoms with Crippen molar-refractivity contribution in [3.8, 4) is 0 Å². The van der Waals surface area contributed by atoms with E-state index in [0.29, 0.717) is 6.54 Å². The molecule has 0 rings (SSSR count). The van der Waals surface area contributed by atoms with Gasteiger partial charge in [-0.05, 0) is 5.92 Å². The monoisotopic (exact) mass is 252 g/mol. The molecule has 5 nitrogen and oxygen atoms in total. The molecular formula is C10H24N2O3S. The molecule has 0 radical (unpaired) electrons. The molecule has 1 atom stereocenters. The molecule has 0 aliphatic carbocycles. The van der Waals surface area contributed by atoms with Crippen LogP contribution in [0.4, 0.5) is 0 Å². The lowest BCUT2D eigenvalue weighted by molar-refractivity contribution is 0.106. The molecule has 0 saturated heterocycles. The number of aliphatic hydroxyl groups is 1. The lowest BCUT2D eigenvalue weighted by Crippen LogP contribution is -2.43. The van der Waals surface area contributed by atoms with Gasteiger partial charge in [0.15, 0.2) is 0 Å². The quantitative estimate of drug-likeness (QED) is 0.663. The van der Waals surface area contributed by atoms with Crippen molar-refractivity contribution in [2.75, 3.05) is 20.1 Å². The number of aliphatic hydroxyl groups excluding tert-OH is 1. The summed E-state index contributed by atoms with van der Waals surface area (Å²) in [5.74, 6) is 0.148. The molecule has 0 bridgehead atoms. The van der Waals surface area contributed by atoms with E-state index in [4.69, 9.17) is 0 Å². The Morgan fingerprint density at radius 3 is 2.12 bits per heavy atom. The third-order valence-electron chi connectivity index (χ3n) is 2.92. The van der Waals surface area contributed by atoms with E-state index >= 15 is 0 Å². The van der Waals surface area contributed by atoms with Gasteiger partial charge < -0.3 is 5.11 Å². The van der Waals surface area contributed by atoms with E-state index in [2.05, 4.69) is 4.72 Å². The molecule has 98 valence electrons. The van der Waals surface area contributed by atoms with Crippen LogP contribution in [0, 0.1) is 5.92 Å². The van der Waals surface area contributed by atoms with Crippen LogP contribution < -0.4 is 4.72 Å². The fraction of sp³-hybridized carbons (Fsp3) is 1.00. The van der Waals surface area contributed by atoms with Crippen LogP contribution in [0.15, 0.2) is 0 Å². The van der Waals surface area contributed by atoms with Crippen LogP contribution in [-0.4, -0.2) is 44.1 Å². The molecule has 0 aliphatic rings. The normalized spacial score (nSPS) is 14.7. The second-order valence-corrected chi connectivity index (χ2v) is 5.77. The summed E-state index contributed by atoms with van der Waals surface area (Å²) >= 11 is 0. The summed E-state index contributed by atoms with van der Waals surface area (Å²) in [6.45, 7) is 6.24. The number of nitrogens with one attached hydrogen (secondary N) is 1. The Kier molecular flexibility index (Phi) is 7.14. The molecule has 1 unspecified atom stereocenters. The zero-order valence-electron chi connectivity index (χ0n) is 10.6. The summed E-state index contributed by atoms with van der Waals surface area (Å²) in [5.41, 5.74) is 0. The first-order valence-electron chi connectivity index (χ1n) is 5.77. The van der Waals surface area contributed by atoms with Crippen LogP contribution >= 0.6 is 0 Å². The molecule has 0 spiro atoms. The van der Waals surface area contributed by atoms with Gasteiger partial charge in [-0.3, -0.25) is 0 Å². The lowest BCUT2D eigenvalue weighted by Gasteiger charge is -2.22. The van der Waals surface area contributed by atoms with Crippen LogP contribution in [0.1, 0.15) is 33.6 Å². The van der Waals surface area contributed by atoms with Gasteiger partial charge in [-0.1, -0.05) is 33.6 Å². The molecule has 0 heterocycles. The zero-order valence-corrected chi connectivity index (χ0v) is 11.4. The van der Waals surface area contributed by atoms with E-state index in [0.717, 1.165) is 12.8 Å². The second kappa shape index (κ2) is 7.21. The topological polar surface area (TPSA) is 69.6 Å². The van der Waals surface area contributed by atoms with Crippen molar-refractivity contribution in [1.29, 1.82) is 0 Å². The van der Waals surface area contributed by atoms with Gasteiger partial charge in [0.2, 0.25) is 0 Å². The lowest BCUT2D eigenvalue weighted by atomic mass is 9.97. The van der Waals surface area contributed by atoms with Gasteiger partial charge in [0.05, 0.1) is 6.10 Å². The Bertz CT molecular complexity index is 276. The van der Waals surface area contributed by atoms with Crippen LogP contribution in [0.25, 0.3) is 0 Å². The van der Waals surface area contributed by atoms with Crippen molar-refractivity contribution in [1.82, 2.24) is 9.03 Å². The highest BCUT2D eigenvalue weighted by Crippen LogP contribution is 2.12. The Hall–Kier alpha value is -0.170. The summed E-state index contributed by atoms with van der Waals surface area (Å²) in [7, 11) is -1.93. The van der Waals surface area contributed by atoms with Gasteiger partial charge in [-0.25, -0.2) is 0 Å². The maximum absolute atomic E-state index is 11.6.